The number of pyridine rings is 2. The van der Waals surface area contributed by atoms with Crippen molar-refractivity contribution in [3.8, 4) is 22.4 Å². The third kappa shape index (κ3) is 3.11. The number of nitrogens with zero attached hydrogens (tertiary/aromatic N) is 2. The number of aromatic nitrogens is 2. The Bertz CT molecular complexity index is 859. The first-order valence-electron chi connectivity index (χ1n) is 7.37. The van der Waals surface area contributed by atoms with Gasteiger partial charge in [0.15, 0.2) is 6.29 Å². The van der Waals surface area contributed by atoms with Crippen LogP contribution in [0.1, 0.15) is 16.1 Å². The molecule has 3 rings (SSSR count). The van der Waals surface area contributed by atoms with Crippen LogP contribution in [0.2, 0.25) is 0 Å². The van der Waals surface area contributed by atoms with Crippen molar-refractivity contribution in [3.05, 3.63) is 66.1 Å². The van der Waals surface area contributed by atoms with E-state index in [-0.39, 0.29) is 0 Å². The second-order valence-electron chi connectivity index (χ2n) is 5.30. The summed E-state index contributed by atoms with van der Waals surface area (Å²) in [6, 6.07) is 13.9. The van der Waals surface area contributed by atoms with Gasteiger partial charge < -0.3 is 5.32 Å². The molecule has 0 saturated carbocycles. The zero-order valence-electron chi connectivity index (χ0n) is 13.1. The second-order valence-corrected chi connectivity index (χ2v) is 5.30. The zero-order valence-corrected chi connectivity index (χ0v) is 13.1. The van der Waals surface area contributed by atoms with Crippen LogP contribution in [0.15, 0.2) is 54.9 Å². The summed E-state index contributed by atoms with van der Waals surface area (Å²) in [4.78, 5) is 19.3. The minimum Gasteiger partial charge on any atom is -0.388 e. The Kier molecular flexibility index (Phi) is 4.15. The maximum absolute atomic E-state index is 10.9. The van der Waals surface area contributed by atoms with Gasteiger partial charge in [-0.05, 0) is 60.0 Å². The van der Waals surface area contributed by atoms with Gasteiger partial charge in [-0.25, -0.2) is 0 Å². The summed E-state index contributed by atoms with van der Waals surface area (Å²) in [5.74, 6) is 0. The Morgan fingerprint density at radius 1 is 0.957 bits per heavy atom. The van der Waals surface area contributed by atoms with E-state index in [1.807, 2.05) is 25.2 Å². The monoisotopic (exact) mass is 303 g/mol. The van der Waals surface area contributed by atoms with E-state index >= 15 is 0 Å². The van der Waals surface area contributed by atoms with Crippen molar-refractivity contribution in [1.29, 1.82) is 0 Å². The number of hydrogen-bond acceptors (Lipinski definition) is 4. The molecule has 2 aromatic heterocycles. The van der Waals surface area contributed by atoms with Crippen LogP contribution < -0.4 is 5.32 Å². The van der Waals surface area contributed by atoms with Crippen LogP contribution in [-0.2, 0) is 0 Å². The molecule has 3 aromatic rings. The third-order valence-electron chi connectivity index (χ3n) is 3.79. The standard InChI is InChI=1S/C19H17N3O/c1-13-3-4-16(20-2)11-18(13)14-5-8-22-19(10-14)15-6-7-21-17(9-15)12-23/h3-12,20H,1-2H3. The maximum Gasteiger partial charge on any atom is 0.168 e. The lowest BCUT2D eigenvalue weighted by Crippen LogP contribution is -1.92. The van der Waals surface area contributed by atoms with Crippen LogP contribution in [0.5, 0.6) is 0 Å². The van der Waals surface area contributed by atoms with E-state index in [1.165, 1.54) is 5.56 Å². The smallest absolute Gasteiger partial charge is 0.168 e. The topological polar surface area (TPSA) is 54.9 Å². The van der Waals surface area contributed by atoms with E-state index in [0.717, 1.165) is 34.4 Å². The molecule has 0 aliphatic rings. The summed E-state index contributed by atoms with van der Waals surface area (Å²) in [6.45, 7) is 2.09. The molecule has 0 bridgehead atoms. The van der Waals surface area contributed by atoms with Gasteiger partial charge >= 0.3 is 0 Å². The van der Waals surface area contributed by atoms with Crippen molar-refractivity contribution in [3.63, 3.8) is 0 Å². The van der Waals surface area contributed by atoms with E-state index in [0.29, 0.717) is 5.69 Å². The molecule has 1 aromatic carbocycles. The van der Waals surface area contributed by atoms with Crippen molar-refractivity contribution in [1.82, 2.24) is 9.97 Å². The molecule has 0 aliphatic heterocycles. The van der Waals surface area contributed by atoms with Gasteiger partial charge in [-0.2, -0.15) is 0 Å². The molecule has 0 atom stereocenters. The van der Waals surface area contributed by atoms with Gasteiger partial charge in [-0.1, -0.05) is 6.07 Å². The summed E-state index contributed by atoms with van der Waals surface area (Å²) in [6.07, 6.45) is 4.16. The summed E-state index contributed by atoms with van der Waals surface area (Å²) >= 11 is 0. The van der Waals surface area contributed by atoms with Crippen LogP contribution in [0, 0.1) is 6.92 Å². The van der Waals surface area contributed by atoms with Gasteiger partial charge in [0.2, 0.25) is 0 Å². The molecular formula is C19H17N3O. The lowest BCUT2D eigenvalue weighted by molar-refractivity contribution is 0.111. The highest BCUT2D eigenvalue weighted by molar-refractivity contribution is 5.78. The van der Waals surface area contributed by atoms with Gasteiger partial charge in [-0.3, -0.25) is 14.8 Å². The minimum absolute atomic E-state index is 0.406. The molecule has 114 valence electrons. The second kappa shape index (κ2) is 6.40. The minimum atomic E-state index is 0.406. The summed E-state index contributed by atoms with van der Waals surface area (Å²) < 4.78 is 0. The average molecular weight is 303 g/mol. The predicted octanol–water partition coefficient (Wildman–Crippen LogP) is 3.97. The fraction of sp³-hybridized carbons (Fsp3) is 0.105. The number of carbonyl (C=O) groups is 1. The Morgan fingerprint density at radius 3 is 2.52 bits per heavy atom. The number of anilines is 1. The number of aldehydes is 1. The number of aryl methyl sites for hydroxylation is 1. The number of carbonyl (C=O) groups excluding carboxylic acids is 1. The Balaban J connectivity index is 2.08. The van der Waals surface area contributed by atoms with E-state index in [1.54, 1.807) is 18.5 Å². The van der Waals surface area contributed by atoms with Crippen LogP contribution >= 0.6 is 0 Å². The molecule has 4 nitrogen and oxygen atoms in total. The van der Waals surface area contributed by atoms with Crippen LogP contribution in [0.25, 0.3) is 22.4 Å². The average Bonchev–Trinajstić information content (AvgIpc) is 2.62. The number of nitrogens with one attached hydrogen (secondary N) is 1. The highest BCUT2D eigenvalue weighted by Crippen LogP contribution is 2.29. The molecule has 0 saturated heterocycles. The molecule has 0 aliphatic carbocycles. The number of hydrogen-bond donors (Lipinski definition) is 1. The first-order chi connectivity index (χ1) is 11.2. The lowest BCUT2D eigenvalue weighted by atomic mass is 9.99. The van der Waals surface area contributed by atoms with E-state index in [4.69, 9.17) is 0 Å². The first-order valence-corrected chi connectivity index (χ1v) is 7.37. The van der Waals surface area contributed by atoms with Crippen molar-refractivity contribution >= 4 is 12.0 Å². The highest BCUT2D eigenvalue weighted by atomic mass is 16.1. The number of rotatable bonds is 4. The largest absolute Gasteiger partial charge is 0.388 e. The first kappa shape index (κ1) is 14.9. The summed E-state index contributed by atoms with van der Waals surface area (Å²) in [5, 5.41) is 3.16. The molecular weight excluding hydrogens is 286 g/mol. The molecule has 23 heavy (non-hydrogen) atoms. The van der Waals surface area contributed by atoms with Crippen molar-refractivity contribution in [2.45, 2.75) is 6.92 Å². The highest BCUT2D eigenvalue weighted by Gasteiger charge is 2.07. The SMILES string of the molecule is CNc1ccc(C)c(-c2ccnc(-c3ccnc(C=O)c3)c2)c1. The molecule has 0 unspecified atom stereocenters. The molecule has 0 spiro atoms. The third-order valence-corrected chi connectivity index (χ3v) is 3.79. The van der Waals surface area contributed by atoms with Crippen LogP contribution in [-0.4, -0.2) is 23.3 Å². The van der Waals surface area contributed by atoms with Crippen molar-refractivity contribution in [2.24, 2.45) is 0 Å². The fourth-order valence-electron chi connectivity index (χ4n) is 2.52. The summed E-state index contributed by atoms with van der Waals surface area (Å²) in [5.41, 5.74) is 6.62. The molecule has 0 amide bonds. The van der Waals surface area contributed by atoms with E-state index < -0.39 is 0 Å². The van der Waals surface area contributed by atoms with Gasteiger partial charge in [0, 0.05) is 30.7 Å². The van der Waals surface area contributed by atoms with Crippen LogP contribution in [0.4, 0.5) is 5.69 Å². The Morgan fingerprint density at radius 2 is 1.74 bits per heavy atom. The van der Waals surface area contributed by atoms with Gasteiger partial charge in [0.05, 0.1) is 5.69 Å². The molecule has 1 N–H and O–H groups in total. The van der Waals surface area contributed by atoms with E-state index in [2.05, 4.69) is 40.4 Å². The van der Waals surface area contributed by atoms with Crippen molar-refractivity contribution < 1.29 is 4.79 Å². The van der Waals surface area contributed by atoms with Gasteiger partial charge in [0.1, 0.15) is 5.69 Å². The summed E-state index contributed by atoms with van der Waals surface area (Å²) in [7, 11) is 1.91. The van der Waals surface area contributed by atoms with Crippen molar-refractivity contribution in [2.75, 3.05) is 12.4 Å². The quantitative estimate of drug-likeness (QED) is 0.741. The maximum atomic E-state index is 10.9. The molecule has 0 radical (unpaired) electrons. The lowest BCUT2D eigenvalue weighted by Gasteiger charge is -2.10. The number of benzene rings is 1. The fourth-order valence-corrected chi connectivity index (χ4v) is 2.52. The van der Waals surface area contributed by atoms with Crippen LogP contribution in [0.3, 0.4) is 0 Å². The Hall–Kier alpha value is -3.01. The van der Waals surface area contributed by atoms with Gasteiger partial charge in [-0.15, -0.1) is 0 Å². The molecule has 4 heteroatoms. The zero-order chi connectivity index (χ0) is 16.2. The Labute approximate surface area is 135 Å². The van der Waals surface area contributed by atoms with E-state index in [9.17, 15) is 4.79 Å². The van der Waals surface area contributed by atoms with Gasteiger partial charge in [0.25, 0.3) is 0 Å². The predicted molar refractivity (Wildman–Crippen MR) is 92.6 cm³/mol. The molecule has 2 heterocycles. The normalized spacial score (nSPS) is 10.3. The molecule has 0 fully saturated rings.